The van der Waals surface area contributed by atoms with Gasteiger partial charge in [0.25, 0.3) is 5.91 Å². The predicted octanol–water partition coefficient (Wildman–Crippen LogP) is 4.34. The zero-order valence-electron chi connectivity index (χ0n) is 12.5. The van der Waals surface area contributed by atoms with E-state index >= 15 is 0 Å². The lowest BCUT2D eigenvalue weighted by Gasteiger charge is -2.05. The summed E-state index contributed by atoms with van der Waals surface area (Å²) in [6.45, 7) is 0. The molecule has 0 fully saturated rings. The number of H-pyrrole nitrogens is 1. The summed E-state index contributed by atoms with van der Waals surface area (Å²) >= 11 is 11.8. The molecule has 0 unspecified atom stereocenters. The van der Waals surface area contributed by atoms with Gasteiger partial charge in [0.2, 0.25) is 0 Å². The van der Waals surface area contributed by atoms with Crippen molar-refractivity contribution < 1.29 is 14.0 Å². The Morgan fingerprint density at radius 1 is 1.20 bits per heavy atom. The third-order valence-corrected chi connectivity index (χ3v) is 4.18. The second-order valence-corrected chi connectivity index (χ2v) is 5.83. The van der Waals surface area contributed by atoms with E-state index in [9.17, 15) is 14.0 Å². The Kier molecular flexibility index (Phi) is 4.83. The molecule has 5 nitrogen and oxygen atoms in total. The maximum absolute atomic E-state index is 14.0. The summed E-state index contributed by atoms with van der Waals surface area (Å²) in [5.41, 5.74) is 0.372. The number of aromatic amines is 1. The van der Waals surface area contributed by atoms with E-state index in [0.29, 0.717) is 5.69 Å². The maximum Gasteiger partial charge on any atom is 0.272 e. The minimum Gasteiger partial charge on any atom is -0.356 e. The highest BCUT2D eigenvalue weighted by Gasteiger charge is 2.22. The Bertz CT molecular complexity index is 958. The molecule has 0 spiro atoms. The first-order valence-corrected chi connectivity index (χ1v) is 7.81. The molecule has 0 saturated heterocycles. The van der Waals surface area contributed by atoms with Crippen molar-refractivity contribution in [3.05, 3.63) is 81.6 Å². The van der Waals surface area contributed by atoms with Crippen LogP contribution in [0.15, 0.2) is 48.9 Å². The Balaban J connectivity index is 1.85. The molecular formula is C17H10Cl2FN3O2. The van der Waals surface area contributed by atoms with E-state index in [4.69, 9.17) is 23.2 Å². The van der Waals surface area contributed by atoms with Gasteiger partial charge in [-0.25, -0.2) is 4.39 Å². The minimum atomic E-state index is -0.790. The highest BCUT2D eigenvalue weighted by atomic mass is 35.5. The van der Waals surface area contributed by atoms with Crippen LogP contribution < -0.4 is 5.32 Å². The first-order chi connectivity index (χ1) is 12.0. The van der Waals surface area contributed by atoms with Gasteiger partial charge in [-0.2, -0.15) is 0 Å². The lowest BCUT2D eigenvalue weighted by atomic mass is 10.0. The third kappa shape index (κ3) is 3.55. The topological polar surface area (TPSA) is 74.8 Å². The summed E-state index contributed by atoms with van der Waals surface area (Å²) in [7, 11) is 0. The molecule has 2 N–H and O–H groups in total. The smallest absolute Gasteiger partial charge is 0.272 e. The summed E-state index contributed by atoms with van der Waals surface area (Å²) < 4.78 is 14.0. The number of anilines is 1. The molecule has 1 amide bonds. The fraction of sp³-hybridized carbons (Fsp3) is 0. The lowest BCUT2D eigenvalue weighted by molar-refractivity contribution is 0.102. The van der Waals surface area contributed by atoms with Crippen molar-refractivity contribution in [2.45, 2.75) is 0 Å². The van der Waals surface area contributed by atoms with Crippen LogP contribution in [0.2, 0.25) is 10.0 Å². The number of ketones is 1. The summed E-state index contributed by atoms with van der Waals surface area (Å²) in [6.07, 6.45) is 4.36. The van der Waals surface area contributed by atoms with E-state index in [-0.39, 0.29) is 26.9 Å². The number of pyridine rings is 1. The molecule has 0 aliphatic heterocycles. The van der Waals surface area contributed by atoms with Crippen LogP contribution in [0.4, 0.5) is 10.1 Å². The summed E-state index contributed by atoms with van der Waals surface area (Å²) in [4.78, 5) is 31.2. The van der Waals surface area contributed by atoms with Gasteiger partial charge in [0.15, 0.2) is 5.78 Å². The number of hydrogen-bond acceptors (Lipinski definition) is 3. The van der Waals surface area contributed by atoms with E-state index in [1.165, 1.54) is 24.5 Å². The Hall–Kier alpha value is -2.70. The quantitative estimate of drug-likeness (QED) is 0.524. The first kappa shape index (κ1) is 17.1. The van der Waals surface area contributed by atoms with E-state index in [1.807, 2.05) is 0 Å². The van der Waals surface area contributed by atoms with Crippen LogP contribution in [0.5, 0.6) is 0 Å². The molecule has 8 heteroatoms. The third-order valence-electron chi connectivity index (χ3n) is 3.38. The Morgan fingerprint density at radius 3 is 2.72 bits per heavy atom. The first-order valence-electron chi connectivity index (χ1n) is 7.05. The van der Waals surface area contributed by atoms with E-state index in [2.05, 4.69) is 15.3 Å². The number of benzene rings is 1. The summed E-state index contributed by atoms with van der Waals surface area (Å²) in [5.74, 6) is -1.94. The number of amides is 1. The zero-order chi connectivity index (χ0) is 18.0. The molecule has 1 aromatic carbocycles. The SMILES string of the molecule is O=C(Nc1cccnc1)c1cc(C(=O)c2c(F)ccc(Cl)c2Cl)c[nH]1. The fourth-order valence-corrected chi connectivity index (χ4v) is 2.57. The van der Waals surface area contributed by atoms with Gasteiger partial charge >= 0.3 is 0 Å². The lowest BCUT2D eigenvalue weighted by Crippen LogP contribution is -2.12. The van der Waals surface area contributed by atoms with Crippen molar-refractivity contribution in [2.24, 2.45) is 0 Å². The van der Waals surface area contributed by atoms with Crippen molar-refractivity contribution in [1.82, 2.24) is 9.97 Å². The van der Waals surface area contributed by atoms with Gasteiger partial charge in [0, 0.05) is 18.0 Å². The zero-order valence-corrected chi connectivity index (χ0v) is 14.0. The largest absolute Gasteiger partial charge is 0.356 e. The molecule has 0 radical (unpaired) electrons. The molecule has 0 bridgehead atoms. The van der Waals surface area contributed by atoms with E-state index in [1.54, 1.807) is 18.3 Å². The number of carbonyl (C=O) groups excluding carboxylic acids is 2. The second-order valence-electron chi connectivity index (χ2n) is 5.05. The molecule has 0 atom stereocenters. The molecule has 126 valence electrons. The van der Waals surface area contributed by atoms with Crippen molar-refractivity contribution in [1.29, 1.82) is 0 Å². The fourth-order valence-electron chi connectivity index (χ4n) is 2.17. The highest BCUT2D eigenvalue weighted by molar-refractivity contribution is 6.44. The number of carbonyl (C=O) groups is 2. The summed E-state index contributed by atoms with van der Waals surface area (Å²) in [5, 5.41) is 2.51. The normalized spacial score (nSPS) is 10.5. The maximum atomic E-state index is 14.0. The van der Waals surface area contributed by atoms with Gasteiger partial charge < -0.3 is 10.3 Å². The van der Waals surface area contributed by atoms with E-state index < -0.39 is 17.5 Å². The average molecular weight is 378 g/mol. The highest BCUT2D eigenvalue weighted by Crippen LogP contribution is 2.30. The molecule has 2 heterocycles. The van der Waals surface area contributed by atoms with Crippen LogP contribution in [-0.4, -0.2) is 21.7 Å². The van der Waals surface area contributed by atoms with Crippen molar-refractivity contribution >= 4 is 40.6 Å². The number of nitrogens with zero attached hydrogens (tertiary/aromatic N) is 1. The Morgan fingerprint density at radius 2 is 2.00 bits per heavy atom. The van der Waals surface area contributed by atoms with Gasteiger partial charge in [0.1, 0.15) is 11.5 Å². The Labute approximate surface area is 151 Å². The number of aromatic nitrogens is 2. The van der Waals surface area contributed by atoms with Gasteiger partial charge in [-0.3, -0.25) is 14.6 Å². The van der Waals surface area contributed by atoms with Crippen LogP contribution in [0.3, 0.4) is 0 Å². The van der Waals surface area contributed by atoms with Gasteiger partial charge in [0.05, 0.1) is 27.5 Å². The van der Waals surface area contributed by atoms with Gasteiger partial charge in [-0.05, 0) is 30.3 Å². The van der Waals surface area contributed by atoms with Crippen LogP contribution in [-0.2, 0) is 0 Å². The number of nitrogens with one attached hydrogen (secondary N) is 2. The molecule has 0 aliphatic carbocycles. The standard InChI is InChI=1S/C17H10Cl2FN3O2/c18-11-3-4-12(20)14(15(11)19)16(24)9-6-13(22-7-9)17(25)23-10-2-1-5-21-8-10/h1-8,22H,(H,23,25). The molecule has 0 aliphatic rings. The molecule has 25 heavy (non-hydrogen) atoms. The van der Waals surface area contributed by atoms with Gasteiger partial charge in [-0.1, -0.05) is 23.2 Å². The predicted molar refractivity (Wildman–Crippen MR) is 92.8 cm³/mol. The molecule has 3 rings (SSSR count). The van der Waals surface area contributed by atoms with Crippen molar-refractivity contribution in [3.8, 4) is 0 Å². The monoisotopic (exact) mass is 377 g/mol. The summed E-state index contributed by atoms with van der Waals surface area (Å²) in [6, 6.07) is 6.97. The molecular weight excluding hydrogens is 368 g/mol. The molecule has 0 saturated carbocycles. The molecule has 3 aromatic rings. The molecule has 2 aromatic heterocycles. The second kappa shape index (κ2) is 7.04. The number of hydrogen-bond donors (Lipinski definition) is 2. The number of halogens is 3. The van der Waals surface area contributed by atoms with Crippen LogP contribution in [0.1, 0.15) is 26.4 Å². The average Bonchev–Trinajstić information content (AvgIpc) is 3.09. The van der Waals surface area contributed by atoms with Crippen molar-refractivity contribution in [2.75, 3.05) is 5.32 Å². The van der Waals surface area contributed by atoms with Gasteiger partial charge in [-0.15, -0.1) is 0 Å². The van der Waals surface area contributed by atoms with Crippen molar-refractivity contribution in [3.63, 3.8) is 0 Å². The van der Waals surface area contributed by atoms with E-state index in [0.717, 1.165) is 6.07 Å². The van der Waals surface area contributed by atoms with Crippen LogP contribution >= 0.6 is 23.2 Å². The van der Waals surface area contributed by atoms with Crippen LogP contribution in [0.25, 0.3) is 0 Å². The minimum absolute atomic E-state index is 0.0662. The number of rotatable bonds is 4. The van der Waals surface area contributed by atoms with Crippen LogP contribution in [0, 0.1) is 5.82 Å².